The normalized spacial score (nSPS) is 11.8. The lowest BCUT2D eigenvalue weighted by Gasteiger charge is -2.16. The molecule has 0 fully saturated rings. The van der Waals surface area contributed by atoms with Crippen LogP contribution >= 0.6 is 0 Å². The molecular weight excluding hydrogens is 270 g/mol. The molecule has 1 aromatic rings. The van der Waals surface area contributed by atoms with Crippen LogP contribution in [0.25, 0.3) is 0 Å². The Morgan fingerprint density at radius 1 is 1.40 bits per heavy atom. The molecule has 1 atom stereocenters. The number of amides is 2. The van der Waals surface area contributed by atoms with E-state index in [1.807, 2.05) is 6.92 Å². The Morgan fingerprint density at radius 2 is 2.10 bits per heavy atom. The molecule has 0 aliphatic carbocycles. The number of aliphatic hydroxyl groups is 1. The highest BCUT2D eigenvalue weighted by Crippen LogP contribution is 2.24. The summed E-state index contributed by atoms with van der Waals surface area (Å²) in [6.07, 6.45) is 1.01. The quantitative estimate of drug-likeness (QED) is 0.752. The van der Waals surface area contributed by atoms with Crippen LogP contribution in [0.15, 0.2) is 12.1 Å². The molecule has 1 aromatic carbocycles. The van der Waals surface area contributed by atoms with E-state index in [9.17, 15) is 13.6 Å². The molecule has 3 N–H and O–H groups in total. The molecule has 0 aromatic heterocycles. The monoisotopic (exact) mass is 288 g/mol. The van der Waals surface area contributed by atoms with Crippen molar-refractivity contribution in [3.63, 3.8) is 0 Å². The van der Waals surface area contributed by atoms with E-state index in [2.05, 4.69) is 15.4 Å². The average molecular weight is 288 g/mol. The van der Waals surface area contributed by atoms with Crippen molar-refractivity contribution in [2.75, 3.05) is 19.0 Å². The molecule has 0 radical (unpaired) electrons. The van der Waals surface area contributed by atoms with Crippen LogP contribution in [-0.4, -0.2) is 30.9 Å². The highest BCUT2D eigenvalue weighted by atomic mass is 19.1. The van der Waals surface area contributed by atoms with E-state index in [4.69, 9.17) is 5.11 Å². The molecule has 1 unspecified atom stereocenters. The van der Waals surface area contributed by atoms with Crippen LogP contribution in [0.2, 0.25) is 0 Å². The van der Waals surface area contributed by atoms with Gasteiger partial charge in [-0.3, -0.25) is 0 Å². The summed E-state index contributed by atoms with van der Waals surface area (Å²) in [5.74, 6) is -1.81. The van der Waals surface area contributed by atoms with E-state index < -0.39 is 17.7 Å². The van der Waals surface area contributed by atoms with Crippen molar-refractivity contribution in [3.8, 4) is 5.75 Å². The number of carbonyl (C=O) groups excluding carboxylic acids is 1. The highest BCUT2D eigenvalue weighted by Gasteiger charge is 2.14. The third kappa shape index (κ3) is 4.34. The predicted molar refractivity (Wildman–Crippen MR) is 70.8 cm³/mol. The summed E-state index contributed by atoms with van der Waals surface area (Å²) in [5.41, 5.74) is -0.278. The number of rotatable bonds is 6. The molecule has 0 bridgehead atoms. The SMILES string of the molecule is CCC(CCO)NC(=O)Nc1cc(F)c(OC)cc1F. The molecule has 7 heteroatoms. The molecule has 0 aliphatic heterocycles. The molecule has 0 saturated carbocycles. The predicted octanol–water partition coefficient (Wildman–Crippen LogP) is 2.26. The van der Waals surface area contributed by atoms with E-state index in [1.165, 1.54) is 7.11 Å². The number of urea groups is 1. The number of methoxy groups -OCH3 is 1. The minimum absolute atomic E-state index is 0.0652. The fraction of sp³-hybridized carbons (Fsp3) is 0.462. The standard InChI is InChI=1S/C13H18F2N2O3/c1-3-8(4-5-18)16-13(19)17-11-6-10(15)12(20-2)7-9(11)14/h6-8,18H,3-5H2,1-2H3,(H2,16,17,19). The molecule has 0 heterocycles. The average Bonchev–Trinajstić information content (AvgIpc) is 2.41. The lowest BCUT2D eigenvalue weighted by molar-refractivity contribution is 0.237. The minimum atomic E-state index is -0.798. The first-order chi connectivity index (χ1) is 9.51. The number of ether oxygens (including phenoxy) is 1. The van der Waals surface area contributed by atoms with Crippen LogP contribution in [0.1, 0.15) is 19.8 Å². The number of halogens is 2. The van der Waals surface area contributed by atoms with E-state index >= 15 is 0 Å². The molecule has 5 nitrogen and oxygen atoms in total. The van der Waals surface area contributed by atoms with Crippen molar-refractivity contribution >= 4 is 11.7 Å². The number of hydrogen-bond acceptors (Lipinski definition) is 3. The Balaban J connectivity index is 2.73. The van der Waals surface area contributed by atoms with Crippen molar-refractivity contribution < 1.29 is 23.4 Å². The van der Waals surface area contributed by atoms with Crippen LogP contribution in [-0.2, 0) is 0 Å². The molecule has 112 valence electrons. The maximum atomic E-state index is 13.6. The third-order valence-electron chi connectivity index (χ3n) is 2.80. The van der Waals surface area contributed by atoms with Gasteiger partial charge in [0.2, 0.25) is 0 Å². The van der Waals surface area contributed by atoms with Gasteiger partial charge in [0.15, 0.2) is 17.4 Å². The Kier molecular flexibility index (Phi) is 6.17. The zero-order chi connectivity index (χ0) is 15.1. The number of benzene rings is 1. The molecule has 0 saturated heterocycles. The zero-order valence-electron chi connectivity index (χ0n) is 11.4. The van der Waals surface area contributed by atoms with Gasteiger partial charge in [-0.1, -0.05) is 6.92 Å². The first-order valence-corrected chi connectivity index (χ1v) is 6.23. The van der Waals surface area contributed by atoms with Crippen molar-refractivity contribution in [2.24, 2.45) is 0 Å². The lowest BCUT2D eigenvalue weighted by Crippen LogP contribution is -2.38. The third-order valence-corrected chi connectivity index (χ3v) is 2.80. The number of aliphatic hydroxyl groups excluding tert-OH is 1. The maximum absolute atomic E-state index is 13.6. The Bertz CT molecular complexity index is 469. The van der Waals surface area contributed by atoms with Crippen LogP contribution in [0.4, 0.5) is 19.3 Å². The van der Waals surface area contributed by atoms with Crippen LogP contribution in [0.3, 0.4) is 0 Å². The van der Waals surface area contributed by atoms with Crippen LogP contribution in [0.5, 0.6) is 5.75 Å². The van der Waals surface area contributed by atoms with Crippen molar-refractivity contribution in [1.82, 2.24) is 5.32 Å². The second-order valence-corrected chi connectivity index (χ2v) is 4.18. The minimum Gasteiger partial charge on any atom is -0.494 e. The first kappa shape index (κ1) is 16.2. The van der Waals surface area contributed by atoms with Crippen LogP contribution in [0, 0.1) is 11.6 Å². The van der Waals surface area contributed by atoms with Crippen molar-refractivity contribution in [3.05, 3.63) is 23.8 Å². The van der Waals surface area contributed by atoms with Gasteiger partial charge in [-0.05, 0) is 12.8 Å². The largest absolute Gasteiger partial charge is 0.494 e. The van der Waals surface area contributed by atoms with Crippen molar-refractivity contribution in [1.29, 1.82) is 0 Å². The first-order valence-electron chi connectivity index (χ1n) is 6.23. The second kappa shape index (κ2) is 7.64. The van der Waals surface area contributed by atoms with E-state index in [0.29, 0.717) is 12.8 Å². The number of nitrogens with one attached hydrogen (secondary N) is 2. The highest BCUT2D eigenvalue weighted by molar-refractivity contribution is 5.89. The molecule has 2 amide bonds. The molecule has 1 rings (SSSR count). The summed E-state index contributed by atoms with van der Waals surface area (Å²) >= 11 is 0. The fourth-order valence-corrected chi connectivity index (χ4v) is 1.66. The van der Waals surface area contributed by atoms with E-state index in [-0.39, 0.29) is 24.1 Å². The maximum Gasteiger partial charge on any atom is 0.319 e. The number of hydrogen-bond donors (Lipinski definition) is 3. The van der Waals surface area contributed by atoms with Gasteiger partial charge in [-0.15, -0.1) is 0 Å². The van der Waals surface area contributed by atoms with Gasteiger partial charge in [0.05, 0.1) is 12.8 Å². The lowest BCUT2D eigenvalue weighted by atomic mass is 10.2. The Morgan fingerprint density at radius 3 is 2.65 bits per heavy atom. The van der Waals surface area contributed by atoms with Gasteiger partial charge in [-0.25, -0.2) is 13.6 Å². The van der Waals surface area contributed by atoms with Gasteiger partial charge in [0.25, 0.3) is 0 Å². The van der Waals surface area contributed by atoms with Crippen molar-refractivity contribution in [2.45, 2.75) is 25.8 Å². The smallest absolute Gasteiger partial charge is 0.319 e. The molecular formula is C13H18F2N2O3. The van der Waals surface area contributed by atoms with Gasteiger partial charge >= 0.3 is 6.03 Å². The summed E-state index contributed by atoms with van der Waals surface area (Å²) in [6, 6.07) is 0.816. The van der Waals surface area contributed by atoms with E-state index in [0.717, 1.165) is 12.1 Å². The summed E-state index contributed by atoms with van der Waals surface area (Å²) in [4.78, 5) is 11.7. The fourth-order valence-electron chi connectivity index (χ4n) is 1.66. The van der Waals surface area contributed by atoms with Gasteiger partial charge < -0.3 is 20.5 Å². The Hall–Kier alpha value is -1.89. The van der Waals surface area contributed by atoms with Gasteiger partial charge in [0.1, 0.15) is 0 Å². The zero-order valence-corrected chi connectivity index (χ0v) is 11.4. The number of anilines is 1. The summed E-state index contributed by atoms with van der Waals surface area (Å²) in [7, 11) is 1.22. The summed E-state index contributed by atoms with van der Waals surface area (Å²) in [5, 5.41) is 13.6. The van der Waals surface area contributed by atoms with Gasteiger partial charge in [0, 0.05) is 24.8 Å². The second-order valence-electron chi connectivity index (χ2n) is 4.18. The number of carbonyl (C=O) groups is 1. The summed E-state index contributed by atoms with van der Waals surface area (Å²) in [6.45, 7) is 1.78. The topological polar surface area (TPSA) is 70.6 Å². The van der Waals surface area contributed by atoms with Gasteiger partial charge in [-0.2, -0.15) is 0 Å². The van der Waals surface area contributed by atoms with Crippen LogP contribution < -0.4 is 15.4 Å². The molecule has 20 heavy (non-hydrogen) atoms. The molecule has 0 aliphatic rings. The Labute approximate surface area is 115 Å². The summed E-state index contributed by atoms with van der Waals surface area (Å²) < 4.78 is 31.7. The molecule has 0 spiro atoms. The van der Waals surface area contributed by atoms with E-state index in [1.54, 1.807) is 0 Å².